The van der Waals surface area contributed by atoms with Gasteiger partial charge in [0.15, 0.2) is 0 Å². The predicted molar refractivity (Wildman–Crippen MR) is 101 cm³/mol. The van der Waals surface area contributed by atoms with E-state index < -0.39 is 0 Å². The molecule has 2 N–H and O–H groups in total. The number of nitrogens with zero attached hydrogens (tertiary/aromatic N) is 3. The van der Waals surface area contributed by atoms with Crippen LogP contribution in [0.15, 0.2) is 60.9 Å². The van der Waals surface area contributed by atoms with E-state index in [-0.39, 0.29) is 23.9 Å². The van der Waals surface area contributed by atoms with Gasteiger partial charge in [-0.1, -0.05) is 41.9 Å². The summed E-state index contributed by atoms with van der Waals surface area (Å²) < 4.78 is 1.75. The van der Waals surface area contributed by atoms with E-state index in [1.807, 2.05) is 61.5 Å². The lowest BCUT2D eigenvalue weighted by molar-refractivity contribution is -0.121. The second kappa shape index (κ2) is 6.80. The van der Waals surface area contributed by atoms with E-state index in [0.717, 1.165) is 11.3 Å². The number of benzene rings is 2. The Morgan fingerprint density at radius 2 is 2.00 bits per heavy atom. The maximum atomic E-state index is 13.1. The molecule has 0 unspecified atom stereocenters. The average Bonchev–Trinajstić information content (AvgIpc) is 3.09. The second-order valence-electron chi connectivity index (χ2n) is 6.34. The Morgan fingerprint density at radius 1 is 1.19 bits per heavy atom. The Morgan fingerprint density at radius 3 is 2.77 bits per heavy atom. The van der Waals surface area contributed by atoms with Gasteiger partial charge in [0, 0.05) is 16.8 Å². The van der Waals surface area contributed by atoms with Gasteiger partial charge in [0.2, 0.25) is 11.9 Å². The predicted octanol–water partition coefficient (Wildman–Crippen LogP) is 3.59. The standard InChI is InChI=1S/C19H18ClN5O/c1-12-16(18(26)24-15-8-3-2-4-9-15)17(13-6-5-7-14(20)10-13)25-19(23-12)21-11-22-25/h2-12,16-17H,1H3,(H,24,26)(H,21,22,23)/t12-,16-,17+/m1/s1. The van der Waals surface area contributed by atoms with Crippen molar-refractivity contribution in [3.63, 3.8) is 0 Å². The summed E-state index contributed by atoms with van der Waals surface area (Å²) in [7, 11) is 0. The van der Waals surface area contributed by atoms with E-state index in [1.54, 1.807) is 4.68 Å². The van der Waals surface area contributed by atoms with Gasteiger partial charge in [-0.15, -0.1) is 0 Å². The van der Waals surface area contributed by atoms with Crippen LogP contribution in [0.25, 0.3) is 0 Å². The molecular weight excluding hydrogens is 350 g/mol. The van der Waals surface area contributed by atoms with E-state index in [1.165, 1.54) is 6.33 Å². The normalized spacial score (nSPS) is 21.5. The number of fused-ring (bicyclic) bond motifs is 1. The molecule has 1 aliphatic rings. The number of carbonyl (C=O) groups excluding carboxylic acids is 1. The highest BCUT2D eigenvalue weighted by Crippen LogP contribution is 2.37. The van der Waals surface area contributed by atoms with E-state index in [0.29, 0.717) is 11.0 Å². The average molecular weight is 368 g/mol. The number of hydrogen-bond acceptors (Lipinski definition) is 4. The van der Waals surface area contributed by atoms with Crippen LogP contribution in [-0.2, 0) is 4.79 Å². The molecule has 6 nitrogen and oxygen atoms in total. The molecule has 0 aliphatic carbocycles. The maximum absolute atomic E-state index is 13.1. The number of halogens is 1. The van der Waals surface area contributed by atoms with Crippen LogP contribution in [0, 0.1) is 5.92 Å². The summed E-state index contributed by atoms with van der Waals surface area (Å²) >= 11 is 6.20. The zero-order valence-electron chi connectivity index (χ0n) is 14.1. The van der Waals surface area contributed by atoms with Crippen molar-refractivity contribution in [1.29, 1.82) is 0 Å². The lowest BCUT2D eigenvalue weighted by atomic mass is 9.85. The maximum Gasteiger partial charge on any atom is 0.232 e. The molecule has 26 heavy (non-hydrogen) atoms. The molecule has 0 radical (unpaired) electrons. The Balaban J connectivity index is 1.74. The molecule has 0 spiro atoms. The zero-order chi connectivity index (χ0) is 18.1. The molecular formula is C19H18ClN5O. The van der Waals surface area contributed by atoms with Crippen LogP contribution in [0.1, 0.15) is 18.5 Å². The van der Waals surface area contributed by atoms with E-state index >= 15 is 0 Å². The summed E-state index contributed by atoms with van der Waals surface area (Å²) in [6.45, 7) is 1.98. The van der Waals surface area contributed by atoms with Crippen molar-refractivity contribution in [3.8, 4) is 0 Å². The minimum Gasteiger partial charge on any atom is -0.351 e. The number of nitrogens with one attached hydrogen (secondary N) is 2. The zero-order valence-corrected chi connectivity index (χ0v) is 14.9. The highest BCUT2D eigenvalue weighted by molar-refractivity contribution is 6.30. The van der Waals surface area contributed by atoms with Crippen molar-refractivity contribution < 1.29 is 4.79 Å². The lowest BCUT2D eigenvalue weighted by Gasteiger charge is -2.36. The Labute approximate surface area is 156 Å². The molecule has 4 rings (SSSR count). The van der Waals surface area contributed by atoms with Gasteiger partial charge in [-0.3, -0.25) is 4.79 Å². The van der Waals surface area contributed by atoms with E-state index in [2.05, 4.69) is 20.7 Å². The van der Waals surface area contributed by atoms with Crippen molar-refractivity contribution in [1.82, 2.24) is 14.8 Å². The van der Waals surface area contributed by atoms with Crippen LogP contribution in [0.4, 0.5) is 11.6 Å². The molecule has 7 heteroatoms. The largest absolute Gasteiger partial charge is 0.351 e. The summed E-state index contributed by atoms with van der Waals surface area (Å²) in [5.74, 6) is 0.177. The molecule has 1 aliphatic heterocycles. The van der Waals surface area contributed by atoms with Gasteiger partial charge in [0.1, 0.15) is 6.33 Å². The monoisotopic (exact) mass is 367 g/mol. The summed E-state index contributed by atoms with van der Waals surface area (Å²) in [6, 6.07) is 16.5. The molecule has 1 aromatic heterocycles. The minimum atomic E-state index is -0.386. The van der Waals surface area contributed by atoms with Crippen LogP contribution in [0.2, 0.25) is 5.02 Å². The third-order valence-corrected chi connectivity index (χ3v) is 4.84. The fourth-order valence-corrected chi connectivity index (χ4v) is 3.63. The first kappa shape index (κ1) is 16.6. The summed E-state index contributed by atoms with van der Waals surface area (Å²) in [4.78, 5) is 17.4. The van der Waals surface area contributed by atoms with Crippen LogP contribution >= 0.6 is 11.6 Å². The van der Waals surface area contributed by atoms with Gasteiger partial charge in [-0.05, 0) is 36.8 Å². The van der Waals surface area contributed by atoms with Crippen LogP contribution < -0.4 is 10.6 Å². The Bertz CT molecular complexity index is 926. The number of rotatable bonds is 3. The Kier molecular flexibility index (Phi) is 4.34. The highest BCUT2D eigenvalue weighted by atomic mass is 35.5. The summed E-state index contributed by atoms with van der Waals surface area (Å²) in [6.07, 6.45) is 1.49. The number of anilines is 2. The van der Waals surface area contributed by atoms with Crippen molar-refractivity contribution in [2.75, 3.05) is 10.6 Å². The molecule has 1 amide bonds. The SMILES string of the molecule is C[C@H]1Nc2ncnn2[C@@H](c2cccc(Cl)c2)[C@@H]1C(=O)Nc1ccccc1. The van der Waals surface area contributed by atoms with E-state index in [4.69, 9.17) is 11.6 Å². The number of amides is 1. The van der Waals surface area contributed by atoms with E-state index in [9.17, 15) is 4.79 Å². The van der Waals surface area contributed by atoms with Gasteiger partial charge in [-0.2, -0.15) is 10.1 Å². The van der Waals surface area contributed by atoms with Crippen molar-refractivity contribution >= 4 is 29.1 Å². The van der Waals surface area contributed by atoms with Gasteiger partial charge in [-0.25, -0.2) is 4.68 Å². The molecule has 3 aromatic rings. The number of hydrogen-bond donors (Lipinski definition) is 2. The summed E-state index contributed by atoms with van der Waals surface area (Å²) in [5.41, 5.74) is 1.68. The highest BCUT2D eigenvalue weighted by Gasteiger charge is 2.41. The third-order valence-electron chi connectivity index (χ3n) is 4.61. The molecule has 2 aromatic carbocycles. The first-order chi connectivity index (χ1) is 12.6. The van der Waals surface area contributed by atoms with Crippen LogP contribution in [0.3, 0.4) is 0 Å². The van der Waals surface area contributed by atoms with Crippen molar-refractivity contribution in [3.05, 3.63) is 71.5 Å². The van der Waals surface area contributed by atoms with Crippen LogP contribution in [0.5, 0.6) is 0 Å². The first-order valence-electron chi connectivity index (χ1n) is 8.41. The fourth-order valence-electron chi connectivity index (χ4n) is 3.43. The Hall–Kier alpha value is -2.86. The molecule has 0 bridgehead atoms. The molecule has 0 fully saturated rings. The van der Waals surface area contributed by atoms with Crippen molar-refractivity contribution in [2.24, 2.45) is 5.92 Å². The quantitative estimate of drug-likeness (QED) is 0.742. The molecule has 2 heterocycles. The minimum absolute atomic E-state index is 0.0812. The third kappa shape index (κ3) is 3.04. The lowest BCUT2D eigenvalue weighted by Crippen LogP contribution is -2.46. The van der Waals surface area contributed by atoms with Gasteiger partial charge in [0.25, 0.3) is 0 Å². The molecule has 132 valence electrons. The van der Waals surface area contributed by atoms with Gasteiger partial charge in [0.05, 0.1) is 12.0 Å². The first-order valence-corrected chi connectivity index (χ1v) is 8.78. The van der Waals surface area contributed by atoms with Crippen LogP contribution in [-0.4, -0.2) is 26.7 Å². The van der Waals surface area contributed by atoms with Gasteiger partial charge >= 0.3 is 0 Å². The molecule has 0 saturated carbocycles. The number of carbonyl (C=O) groups is 1. The van der Waals surface area contributed by atoms with Gasteiger partial charge < -0.3 is 10.6 Å². The topological polar surface area (TPSA) is 71.8 Å². The molecule has 3 atom stereocenters. The summed E-state index contributed by atoms with van der Waals surface area (Å²) in [5, 5.41) is 11.2. The number of aromatic nitrogens is 3. The second-order valence-corrected chi connectivity index (χ2v) is 6.78. The number of para-hydroxylation sites is 1. The fraction of sp³-hybridized carbons (Fsp3) is 0.211. The smallest absolute Gasteiger partial charge is 0.232 e. The molecule has 0 saturated heterocycles. The van der Waals surface area contributed by atoms with Crippen molar-refractivity contribution in [2.45, 2.75) is 19.0 Å².